The van der Waals surface area contributed by atoms with E-state index < -0.39 is 12.6 Å². The third-order valence-corrected chi connectivity index (χ3v) is 3.15. The molecule has 0 amide bonds. The molecule has 1 aromatic carbocycles. The Kier molecular flexibility index (Phi) is 4.31. The van der Waals surface area contributed by atoms with Crippen molar-refractivity contribution in [3.05, 3.63) is 29.8 Å². The van der Waals surface area contributed by atoms with Crippen molar-refractivity contribution in [1.82, 2.24) is 4.90 Å². The molecule has 1 aromatic rings. The van der Waals surface area contributed by atoms with E-state index in [-0.39, 0.29) is 11.7 Å². The standard InChI is InChI=1S/C13H15F2NO3/c14-13(15)19-11-3-1-2-9(6-11)7-16-5-4-10(8-16)12(17)18/h1-3,6,10,13H,4-5,7-8H2,(H,17,18). The van der Waals surface area contributed by atoms with E-state index in [2.05, 4.69) is 4.74 Å². The van der Waals surface area contributed by atoms with Gasteiger partial charge in [0.05, 0.1) is 5.92 Å². The number of benzene rings is 1. The zero-order chi connectivity index (χ0) is 13.8. The van der Waals surface area contributed by atoms with Gasteiger partial charge < -0.3 is 9.84 Å². The van der Waals surface area contributed by atoms with Gasteiger partial charge in [-0.25, -0.2) is 0 Å². The first kappa shape index (κ1) is 13.7. The van der Waals surface area contributed by atoms with E-state index >= 15 is 0 Å². The lowest BCUT2D eigenvalue weighted by Gasteiger charge is -2.15. The number of hydrogen-bond acceptors (Lipinski definition) is 3. The molecule has 1 aliphatic heterocycles. The van der Waals surface area contributed by atoms with Gasteiger partial charge in [-0.05, 0) is 30.7 Å². The molecule has 0 spiro atoms. The van der Waals surface area contributed by atoms with E-state index in [0.717, 1.165) is 5.56 Å². The number of likely N-dealkylation sites (tertiary alicyclic amines) is 1. The lowest BCUT2D eigenvalue weighted by atomic mass is 10.1. The second-order valence-corrected chi connectivity index (χ2v) is 4.58. The highest BCUT2D eigenvalue weighted by molar-refractivity contribution is 5.70. The Bertz CT molecular complexity index is 453. The SMILES string of the molecule is O=C(O)C1CCN(Cc2cccc(OC(F)F)c2)C1. The summed E-state index contributed by atoms with van der Waals surface area (Å²) in [6.45, 7) is -1.09. The Morgan fingerprint density at radius 2 is 2.32 bits per heavy atom. The molecule has 1 saturated heterocycles. The second kappa shape index (κ2) is 5.97. The number of ether oxygens (including phenoxy) is 1. The molecule has 0 aromatic heterocycles. The van der Waals surface area contributed by atoms with Gasteiger partial charge in [-0.3, -0.25) is 9.69 Å². The molecule has 104 valence electrons. The summed E-state index contributed by atoms with van der Waals surface area (Å²) in [5, 5.41) is 8.91. The Morgan fingerprint density at radius 1 is 1.53 bits per heavy atom. The minimum absolute atomic E-state index is 0.126. The molecular weight excluding hydrogens is 256 g/mol. The molecule has 2 rings (SSSR count). The van der Waals surface area contributed by atoms with Crippen molar-refractivity contribution in [2.75, 3.05) is 13.1 Å². The zero-order valence-electron chi connectivity index (χ0n) is 10.3. The normalized spacial score (nSPS) is 19.8. The number of carboxylic acid groups (broad SMARTS) is 1. The molecule has 1 unspecified atom stereocenters. The molecule has 1 fully saturated rings. The quantitative estimate of drug-likeness (QED) is 0.892. The van der Waals surface area contributed by atoms with Crippen LogP contribution in [0.15, 0.2) is 24.3 Å². The molecule has 1 heterocycles. The van der Waals surface area contributed by atoms with Gasteiger partial charge in [-0.15, -0.1) is 0 Å². The first-order chi connectivity index (χ1) is 9.04. The van der Waals surface area contributed by atoms with Crippen molar-refractivity contribution >= 4 is 5.97 Å². The number of hydrogen-bond donors (Lipinski definition) is 1. The van der Waals surface area contributed by atoms with Gasteiger partial charge in [0.2, 0.25) is 0 Å². The summed E-state index contributed by atoms with van der Waals surface area (Å²) < 4.78 is 28.5. The topological polar surface area (TPSA) is 49.8 Å². The van der Waals surface area contributed by atoms with Crippen LogP contribution in [0.25, 0.3) is 0 Å². The van der Waals surface area contributed by atoms with Gasteiger partial charge in [0.1, 0.15) is 5.75 Å². The van der Waals surface area contributed by atoms with Crippen molar-refractivity contribution in [1.29, 1.82) is 0 Å². The van der Waals surface area contributed by atoms with Gasteiger partial charge in [0.15, 0.2) is 0 Å². The van der Waals surface area contributed by atoms with Crippen molar-refractivity contribution < 1.29 is 23.4 Å². The minimum atomic E-state index is -2.83. The minimum Gasteiger partial charge on any atom is -0.481 e. The average molecular weight is 271 g/mol. The van der Waals surface area contributed by atoms with Crippen LogP contribution in [0, 0.1) is 5.92 Å². The van der Waals surface area contributed by atoms with Gasteiger partial charge in [0, 0.05) is 13.1 Å². The molecular formula is C13H15F2NO3. The highest BCUT2D eigenvalue weighted by Crippen LogP contribution is 2.21. The summed E-state index contributed by atoms with van der Waals surface area (Å²) in [5.41, 5.74) is 0.837. The molecule has 1 N–H and O–H groups in total. The van der Waals surface area contributed by atoms with Crippen LogP contribution < -0.4 is 4.74 Å². The molecule has 0 radical (unpaired) electrons. The number of halogens is 2. The molecule has 1 aliphatic rings. The maximum Gasteiger partial charge on any atom is 0.387 e. The maximum absolute atomic E-state index is 12.1. The highest BCUT2D eigenvalue weighted by Gasteiger charge is 2.27. The van der Waals surface area contributed by atoms with E-state index in [1.807, 2.05) is 11.0 Å². The van der Waals surface area contributed by atoms with Crippen LogP contribution in [0.5, 0.6) is 5.75 Å². The molecule has 6 heteroatoms. The van der Waals surface area contributed by atoms with Gasteiger partial charge in [0.25, 0.3) is 0 Å². The van der Waals surface area contributed by atoms with Crippen molar-refractivity contribution in [3.8, 4) is 5.75 Å². The number of carbonyl (C=O) groups is 1. The van der Waals surface area contributed by atoms with Gasteiger partial charge >= 0.3 is 12.6 Å². The van der Waals surface area contributed by atoms with E-state index in [4.69, 9.17) is 5.11 Å². The largest absolute Gasteiger partial charge is 0.481 e. The first-order valence-electron chi connectivity index (χ1n) is 6.03. The Hall–Kier alpha value is -1.69. The van der Waals surface area contributed by atoms with E-state index in [0.29, 0.717) is 26.1 Å². The summed E-state index contributed by atoms with van der Waals surface area (Å²) in [6, 6.07) is 6.49. The smallest absolute Gasteiger partial charge is 0.387 e. The van der Waals surface area contributed by atoms with Crippen LogP contribution in [0.4, 0.5) is 8.78 Å². The van der Waals surface area contributed by atoms with E-state index in [1.54, 1.807) is 12.1 Å². The van der Waals surface area contributed by atoms with Crippen LogP contribution in [0.1, 0.15) is 12.0 Å². The van der Waals surface area contributed by atoms with E-state index in [1.165, 1.54) is 6.07 Å². The van der Waals surface area contributed by atoms with Gasteiger partial charge in [-0.2, -0.15) is 8.78 Å². The van der Waals surface area contributed by atoms with Crippen molar-refractivity contribution in [3.63, 3.8) is 0 Å². The number of nitrogens with zero attached hydrogens (tertiary/aromatic N) is 1. The van der Waals surface area contributed by atoms with Crippen LogP contribution in [0.2, 0.25) is 0 Å². The molecule has 0 bridgehead atoms. The van der Waals surface area contributed by atoms with Crippen LogP contribution in [-0.2, 0) is 11.3 Å². The second-order valence-electron chi connectivity index (χ2n) is 4.58. The predicted molar refractivity (Wildman–Crippen MR) is 64.1 cm³/mol. The van der Waals surface area contributed by atoms with Crippen molar-refractivity contribution in [2.45, 2.75) is 19.6 Å². The van der Waals surface area contributed by atoms with Crippen LogP contribution in [-0.4, -0.2) is 35.7 Å². The van der Waals surface area contributed by atoms with Gasteiger partial charge in [-0.1, -0.05) is 12.1 Å². The molecule has 0 aliphatic carbocycles. The Balaban J connectivity index is 1.94. The summed E-state index contributed by atoms with van der Waals surface area (Å²) in [4.78, 5) is 12.8. The summed E-state index contributed by atoms with van der Waals surface area (Å²) in [7, 11) is 0. The van der Waals surface area contributed by atoms with E-state index in [9.17, 15) is 13.6 Å². The lowest BCUT2D eigenvalue weighted by Crippen LogP contribution is -2.22. The highest BCUT2D eigenvalue weighted by atomic mass is 19.3. The number of carboxylic acids is 1. The Morgan fingerprint density at radius 3 is 2.95 bits per heavy atom. The summed E-state index contributed by atoms with van der Waals surface area (Å²) >= 11 is 0. The number of alkyl halides is 2. The van der Waals surface area contributed by atoms with Crippen molar-refractivity contribution in [2.24, 2.45) is 5.92 Å². The lowest BCUT2D eigenvalue weighted by molar-refractivity contribution is -0.141. The number of rotatable bonds is 5. The summed E-state index contributed by atoms with van der Waals surface area (Å²) in [5.74, 6) is -0.987. The number of aliphatic carboxylic acids is 1. The average Bonchev–Trinajstić information content (AvgIpc) is 2.77. The molecule has 1 atom stereocenters. The maximum atomic E-state index is 12.1. The third-order valence-electron chi connectivity index (χ3n) is 3.15. The van der Waals surface area contributed by atoms with Crippen LogP contribution in [0.3, 0.4) is 0 Å². The monoisotopic (exact) mass is 271 g/mol. The fraction of sp³-hybridized carbons (Fsp3) is 0.462. The zero-order valence-corrected chi connectivity index (χ0v) is 10.3. The third kappa shape index (κ3) is 3.89. The molecule has 19 heavy (non-hydrogen) atoms. The predicted octanol–water partition coefficient (Wildman–Crippen LogP) is 2.19. The molecule has 0 saturated carbocycles. The first-order valence-corrected chi connectivity index (χ1v) is 6.03. The Labute approximate surface area is 109 Å². The van der Waals surface area contributed by atoms with Crippen LogP contribution >= 0.6 is 0 Å². The molecule has 4 nitrogen and oxygen atoms in total. The summed E-state index contributed by atoms with van der Waals surface area (Å²) in [6.07, 6.45) is 0.628. The fourth-order valence-electron chi connectivity index (χ4n) is 2.26. The fourth-order valence-corrected chi connectivity index (χ4v) is 2.26.